The molecule has 28 heavy (non-hydrogen) atoms. The number of carbonyl (C=O) groups is 1. The van der Waals surface area contributed by atoms with Crippen molar-refractivity contribution in [2.24, 2.45) is 5.92 Å². The van der Waals surface area contributed by atoms with Crippen LogP contribution in [0.15, 0.2) is 24.4 Å². The number of fused-ring (bicyclic) bond motifs is 1. The van der Waals surface area contributed by atoms with Gasteiger partial charge in [0.15, 0.2) is 22.1 Å². The number of methoxy groups -OCH3 is 2. The van der Waals surface area contributed by atoms with Crippen molar-refractivity contribution in [3.8, 4) is 22.8 Å². The van der Waals surface area contributed by atoms with E-state index >= 15 is 0 Å². The summed E-state index contributed by atoms with van der Waals surface area (Å²) in [5.74, 6) is 1.86. The fourth-order valence-electron chi connectivity index (χ4n) is 3.53. The molecule has 0 atom stereocenters. The van der Waals surface area contributed by atoms with E-state index in [0.29, 0.717) is 33.4 Å². The van der Waals surface area contributed by atoms with Crippen LogP contribution in [-0.2, 0) is 4.79 Å². The molecule has 1 aromatic carbocycles. The number of ether oxygens (including phenoxy) is 2. The van der Waals surface area contributed by atoms with E-state index in [1.165, 1.54) is 18.0 Å². The Balaban J connectivity index is 1.63. The summed E-state index contributed by atoms with van der Waals surface area (Å²) in [5.41, 5.74) is 2.14. The van der Waals surface area contributed by atoms with Crippen LogP contribution >= 0.6 is 11.5 Å². The molecule has 1 aliphatic rings. The van der Waals surface area contributed by atoms with Crippen LogP contribution in [0.5, 0.6) is 11.5 Å². The second kappa shape index (κ2) is 8.10. The predicted octanol–water partition coefficient (Wildman–Crippen LogP) is 4.29. The third kappa shape index (κ3) is 3.64. The standard InChI is InChI=1S/C20H22N4O3S/c1-26-15-9-8-13(10-16(15)27-2)14-11-21-20-17(22-14)18(24-28-20)23-19(25)12-6-4-3-5-7-12/h8-12H,3-7H2,1-2H3,(H,23,24,25). The zero-order valence-electron chi connectivity index (χ0n) is 15.9. The quantitative estimate of drug-likeness (QED) is 0.690. The first kappa shape index (κ1) is 18.6. The van der Waals surface area contributed by atoms with Gasteiger partial charge in [-0.05, 0) is 42.6 Å². The van der Waals surface area contributed by atoms with Crippen LogP contribution < -0.4 is 14.8 Å². The molecule has 0 spiro atoms. The highest BCUT2D eigenvalue weighted by atomic mass is 32.1. The van der Waals surface area contributed by atoms with Gasteiger partial charge in [0.1, 0.15) is 5.52 Å². The summed E-state index contributed by atoms with van der Waals surface area (Å²) in [6.07, 6.45) is 7.02. The number of nitrogens with one attached hydrogen (secondary N) is 1. The minimum absolute atomic E-state index is 0.0326. The van der Waals surface area contributed by atoms with Gasteiger partial charge in [-0.15, -0.1) is 0 Å². The Morgan fingerprint density at radius 3 is 2.68 bits per heavy atom. The maximum atomic E-state index is 12.6. The molecule has 1 saturated carbocycles. The molecule has 0 bridgehead atoms. The second-order valence-corrected chi connectivity index (χ2v) is 7.59. The molecule has 1 N–H and O–H groups in total. The predicted molar refractivity (Wildman–Crippen MR) is 109 cm³/mol. The lowest BCUT2D eigenvalue weighted by molar-refractivity contribution is -0.120. The molecule has 1 amide bonds. The van der Waals surface area contributed by atoms with Crippen molar-refractivity contribution in [2.75, 3.05) is 19.5 Å². The van der Waals surface area contributed by atoms with E-state index in [-0.39, 0.29) is 11.8 Å². The first-order valence-corrected chi connectivity index (χ1v) is 10.1. The van der Waals surface area contributed by atoms with Crippen LogP contribution in [0.4, 0.5) is 5.82 Å². The number of carbonyl (C=O) groups excluding carboxylic acids is 1. The molecule has 4 rings (SSSR count). The minimum Gasteiger partial charge on any atom is -0.493 e. The number of hydrogen-bond acceptors (Lipinski definition) is 7. The van der Waals surface area contributed by atoms with Gasteiger partial charge in [-0.3, -0.25) is 4.79 Å². The zero-order chi connectivity index (χ0) is 19.5. The van der Waals surface area contributed by atoms with Crippen molar-refractivity contribution in [3.05, 3.63) is 24.4 Å². The first-order chi connectivity index (χ1) is 13.7. The van der Waals surface area contributed by atoms with Crippen molar-refractivity contribution in [1.82, 2.24) is 14.3 Å². The van der Waals surface area contributed by atoms with Crippen LogP contribution in [0.3, 0.4) is 0 Å². The number of anilines is 1. The van der Waals surface area contributed by atoms with Crippen molar-refractivity contribution >= 4 is 33.6 Å². The van der Waals surface area contributed by atoms with Gasteiger partial charge < -0.3 is 14.8 Å². The van der Waals surface area contributed by atoms with Crippen molar-refractivity contribution in [3.63, 3.8) is 0 Å². The SMILES string of the molecule is COc1ccc(-c2cnc3snc(NC(=O)C4CCCCC4)c3n2)cc1OC. The van der Waals surface area contributed by atoms with E-state index < -0.39 is 0 Å². The number of rotatable bonds is 5. The normalized spacial score (nSPS) is 14.8. The van der Waals surface area contributed by atoms with Crippen molar-refractivity contribution in [1.29, 1.82) is 0 Å². The van der Waals surface area contributed by atoms with E-state index in [4.69, 9.17) is 14.5 Å². The first-order valence-electron chi connectivity index (χ1n) is 9.35. The van der Waals surface area contributed by atoms with Gasteiger partial charge in [0, 0.05) is 11.5 Å². The summed E-state index contributed by atoms with van der Waals surface area (Å²) in [5, 5.41) is 2.97. The zero-order valence-corrected chi connectivity index (χ0v) is 16.7. The molecule has 0 unspecified atom stereocenters. The fraction of sp³-hybridized carbons (Fsp3) is 0.400. The lowest BCUT2D eigenvalue weighted by atomic mass is 9.89. The van der Waals surface area contributed by atoms with Gasteiger partial charge in [-0.1, -0.05) is 19.3 Å². The Kier molecular flexibility index (Phi) is 5.38. The average molecular weight is 398 g/mol. The number of hydrogen-bond donors (Lipinski definition) is 1. The monoisotopic (exact) mass is 398 g/mol. The van der Waals surface area contributed by atoms with Gasteiger partial charge in [0.25, 0.3) is 0 Å². The maximum Gasteiger partial charge on any atom is 0.228 e. The average Bonchev–Trinajstić information content (AvgIpc) is 3.15. The fourth-order valence-corrected chi connectivity index (χ4v) is 4.17. The molecular formula is C20H22N4O3S. The molecule has 0 saturated heterocycles. The van der Waals surface area contributed by atoms with E-state index in [0.717, 1.165) is 31.2 Å². The summed E-state index contributed by atoms with van der Waals surface area (Å²) in [7, 11) is 3.19. The second-order valence-electron chi connectivity index (χ2n) is 6.83. The molecule has 3 aromatic rings. The molecule has 0 aliphatic heterocycles. The van der Waals surface area contributed by atoms with Gasteiger partial charge in [-0.25, -0.2) is 9.97 Å². The van der Waals surface area contributed by atoms with Crippen LogP contribution in [0.1, 0.15) is 32.1 Å². The molecule has 0 radical (unpaired) electrons. The number of benzene rings is 1. The van der Waals surface area contributed by atoms with Crippen molar-refractivity contribution in [2.45, 2.75) is 32.1 Å². The molecule has 146 valence electrons. The Morgan fingerprint density at radius 1 is 1.14 bits per heavy atom. The Bertz CT molecular complexity index is 998. The van der Waals surface area contributed by atoms with Gasteiger partial charge >= 0.3 is 0 Å². The summed E-state index contributed by atoms with van der Waals surface area (Å²) in [4.78, 5) is 22.5. The van der Waals surface area contributed by atoms with E-state index in [1.807, 2.05) is 18.2 Å². The maximum absolute atomic E-state index is 12.6. The third-order valence-corrected chi connectivity index (χ3v) is 5.83. The molecule has 2 aromatic heterocycles. The Labute approximate surface area is 167 Å². The Morgan fingerprint density at radius 2 is 1.93 bits per heavy atom. The largest absolute Gasteiger partial charge is 0.493 e. The highest BCUT2D eigenvalue weighted by Crippen LogP contribution is 2.33. The van der Waals surface area contributed by atoms with Gasteiger partial charge in [0.2, 0.25) is 5.91 Å². The summed E-state index contributed by atoms with van der Waals surface area (Å²) in [6, 6.07) is 5.59. The summed E-state index contributed by atoms with van der Waals surface area (Å²) < 4.78 is 15.0. The smallest absolute Gasteiger partial charge is 0.228 e. The number of amides is 1. The summed E-state index contributed by atoms with van der Waals surface area (Å²) >= 11 is 1.24. The molecule has 2 heterocycles. The van der Waals surface area contributed by atoms with E-state index in [2.05, 4.69) is 14.7 Å². The molecule has 1 aliphatic carbocycles. The highest BCUT2D eigenvalue weighted by molar-refractivity contribution is 7.13. The van der Waals surface area contributed by atoms with Crippen molar-refractivity contribution < 1.29 is 14.3 Å². The Hall–Kier alpha value is -2.74. The molecule has 7 nitrogen and oxygen atoms in total. The molecule has 8 heteroatoms. The van der Waals surface area contributed by atoms with Gasteiger partial charge in [0.05, 0.1) is 26.1 Å². The van der Waals surface area contributed by atoms with Crippen LogP contribution in [0.2, 0.25) is 0 Å². The van der Waals surface area contributed by atoms with E-state index in [9.17, 15) is 4.79 Å². The summed E-state index contributed by atoms with van der Waals surface area (Å²) in [6.45, 7) is 0. The van der Waals surface area contributed by atoms with Crippen LogP contribution in [-0.4, -0.2) is 34.5 Å². The highest BCUT2D eigenvalue weighted by Gasteiger charge is 2.23. The number of aromatic nitrogens is 3. The topological polar surface area (TPSA) is 86.2 Å². The lowest BCUT2D eigenvalue weighted by Crippen LogP contribution is -2.24. The number of nitrogens with zero attached hydrogens (tertiary/aromatic N) is 3. The third-order valence-electron chi connectivity index (χ3n) is 5.08. The lowest BCUT2D eigenvalue weighted by Gasteiger charge is -2.20. The van der Waals surface area contributed by atoms with Crippen LogP contribution in [0, 0.1) is 5.92 Å². The minimum atomic E-state index is 0.0326. The molecule has 1 fully saturated rings. The molecular weight excluding hydrogens is 376 g/mol. The van der Waals surface area contributed by atoms with Crippen LogP contribution in [0.25, 0.3) is 21.6 Å². The van der Waals surface area contributed by atoms with Gasteiger partial charge in [-0.2, -0.15) is 4.37 Å². The van der Waals surface area contributed by atoms with E-state index in [1.54, 1.807) is 20.4 Å².